The average molecular weight is 271 g/mol. The van der Waals surface area contributed by atoms with Gasteiger partial charge in [-0.05, 0) is 17.2 Å². The fourth-order valence-corrected chi connectivity index (χ4v) is 1.61. The van der Waals surface area contributed by atoms with Crippen molar-refractivity contribution in [2.24, 2.45) is 0 Å². The normalized spacial score (nSPS) is 10.6. The smallest absolute Gasteiger partial charge is 0.328 e. The topological polar surface area (TPSA) is 95.1 Å². The van der Waals surface area contributed by atoms with Crippen molar-refractivity contribution in [1.29, 1.82) is 0 Å². The van der Waals surface area contributed by atoms with Crippen LogP contribution in [0.3, 0.4) is 0 Å². The van der Waals surface area contributed by atoms with Crippen LogP contribution in [0.1, 0.15) is 5.56 Å². The zero-order valence-electron chi connectivity index (χ0n) is 10.5. The van der Waals surface area contributed by atoms with Crippen LogP contribution in [0.25, 0.3) is 11.3 Å². The van der Waals surface area contributed by atoms with E-state index in [1.165, 1.54) is 0 Å². The molecule has 0 aliphatic rings. The number of amides is 1. The molecule has 0 aliphatic heterocycles. The van der Waals surface area contributed by atoms with Crippen LogP contribution in [-0.4, -0.2) is 27.2 Å². The summed E-state index contributed by atoms with van der Waals surface area (Å²) in [6, 6.07) is 9.48. The van der Waals surface area contributed by atoms with Gasteiger partial charge in [0, 0.05) is 24.9 Å². The molecule has 1 heterocycles. The summed E-state index contributed by atoms with van der Waals surface area (Å²) in [5.74, 6) is -1.59. The number of hydrogen-bond acceptors (Lipinski definition) is 3. The Labute approximate surface area is 115 Å². The Bertz CT molecular complexity index is 616. The first-order valence-electron chi connectivity index (χ1n) is 5.92. The summed E-state index contributed by atoms with van der Waals surface area (Å²) < 4.78 is 0. The molecule has 0 fully saturated rings. The first-order chi connectivity index (χ1) is 9.65. The fraction of sp³-hybridized carbons (Fsp3) is 0.0714. The molecular weight excluding hydrogens is 258 g/mol. The maximum absolute atomic E-state index is 11.3. The highest BCUT2D eigenvalue weighted by Gasteiger charge is 2.00. The minimum absolute atomic E-state index is 0.339. The Kier molecular flexibility index (Phi) is 4.28. The number of aliphatic carboxylic acids is 1. The number of rotatable bonds is 5. The van der Waals surface area contributed by atoms with Gasteiger partial charge in [-0.3, -0.25) is 9.89 Å². The predicted octanol–water partition coefficient (Wildman–Crippen LogP) is 1.33. The molecule has 1 amide bonds. The van der Waals surface area contributed by atoms with Gasteiger partial charge >= 0.3 is 5.97 Å². The third-order valence-corrected chi connectivity index (χ3v) is 2.61. The lowest BCUT2D eigenvalue weighted by Gasteiger charge is -2.04. The van der Waals surface area contributed by atoms with Crippen LogP contribution in [-0.2, 0) is 16.1 Å². The van der Waals surface area contributed by atoms with E-state index in [1.54, 1.807) is 6.20 Å². The van der Waals surface area contributed by atoms with Crippen LogP contribution in [0.5, 0.6) is 0 Å². The third-order valence-electron chi connectivity index (χ3n) is 2.61. The van der Waals surface area contributed by atoms with E-state index in [9.17, 15) is 9.59 Å². The molecule has 0 aliphatic carbocycles. The van der Waals surface area contributed by atoms with E-state index in [2.05, 4.69) is 15.5 Å². The highest BCUT2D eigenvalue weighted by atomic mass is 16.4. The van der Waals surface area contributed by atoms with E-state index in [1.807, 2.05) is 30.3 Å². The van der Waals surface area contributed by atoms with E-state index < -0.39 is 11.9 Å². The SMILES string of the molecule is O=C(O)/C=C/C(=O)NCc1ccc(-c2ccn[nH]2)cc1. The summed E-state index contributed by atoms with van der Waals surface area (Å²) in [5.41, 5.74) is 2.85. The summed E-state index contributed by atoms with van der Waals surface area (Å²) in [6.45, 7) is 0.339. The lowest BCUT2D eigenvalue weighted by atomic mass is 10.1. The Balaban J connectivity index is 1.91. The Morgan fingerprint density at radius 3 is 2.55 bits per heavy atom. The van der Waals surface area contributed by atoms with Gasteiger partial charge < -0.3 is 10.4 Å². The van der Waals surface area contributed by atoms with Crippen molar-refractivity contribution >= 4 is 11.9 Å². The van der Waals surface area contributed by atoms with Crippen molar-refractivity contribution in [3.63, 3.8) is 0 Å². The third kappa shape index (κ3) is 3.81. The van der Waals surface area contributed by atoms with Crippen LogP contribution in [0.15, 0.2) is 48.7 Å². The number of nitrogens with zero attached hydrogens (tertiary/aromatic N) is 1. The largest absolute Gasteiger partial charge is 0.478 e. The quantitative estimate of drug-likeness (QED) is 0.715. The zero-order valence-corrected chi connectivity index (χ0v) is 10.5. The second-order valence-corrected chi connectivity index (χ2v) is 4.06. The van der Waals surface area contributed by atoms with Gasteiger partial charge in [0.2, 0.25) is 5.91 Å². The minimum Gasteiger partial charge on any atom is -0.478 e. The van der Waals surface area contributed by atoms with Gasteiger partial charge in [0.1, 0.15) is 0 Å². The highest BCUT2D eigenvalue weighted by molar-refractivity contribution is 5.93. The number of H-pyrrole nitrogens is 1. The maximum atomic E-state index is 11.3. The highest BCUT2D eigenvalue weighted by Crippen LogP contribution is 2.16. The zero-order chi connectivity index (χ0) is 14.4. The summed E-state index contributed by atoms with van der Waals surface area (Å²) in [6.07, 6.45) is 3.47. The molecule has 0 atom stereocenters. The molecule has 2 aromatic rings. The van der Waals surface area contributed by atoms with Gasteiger partial charge in [-0.2, -0.15) is 5.10 Å². The van der Waals surface area contributed by atoms with Crippen LogP contribution < -0.4 is 5.32 Å². The van der Waals surface area contributed by atoms with E-state index in [0.29, 0.717) is 6.54 Å². The molecule has 102 valence electrons. The molecule has 0 radical (unpaired) electrons. The van der Waals surface area contributed by atoms with E-state index >= 15 is 0 Å². The standard InChI is InChI=1S/C14H13N3O3/c18-13(5-6-14(19)20)15-9-10-1-3-11(4-2-10)12-7-8-16-17-12/h1-8H,9H2,(H,15,18)(H,16,17)(H,19,20)/b6-5+. The van der Waals surface area contributed by atoms with Crippen molar-refractivity contribution < 1.29 is 14.7 Å². The molecule has 0 saturated heterocycles. The number of carbonyl (C=O) groups excluding carboxylic acids is 1. The predicted molar refractivity (Wildman–Crippen MR) is 72.6 cm³/mol. The van der Waals surface area contributed by atoms with Gasteiger partial charge in [0.25, 0.3) is 0 Å². The summed E-state index contributed by atoms with van der Waals surface area (Å²) in [5, 5.41) is 17.7. The molecule has 0 bridgehead atoms. The average Bonchev–Trinajstić information content (AvgIpc) is 2.97. The maximum Gasteiger partial charge on any atom is 0.328 e. The molecular formula is C14H13N3O3. The summed E-state index contributed by atoms with van der Waals surface area (Å²) in [4.78, 5) is 21.6. The van der Waals surface area contributed by atoms with Crippen LogP contribution in [0.2, 0.25) is 0 Å². The molecule has 0 saturated carbocycles. The number of aromatic nitrogens is 2. The molecule has 2 rings (SSSR count). The molecule has 6 nitrogen and oxygen atoms in total. The lowest BCUT2D eigenvalue weighted by Crippen LogP contribution is -2.20. The minimum atomic E-state index is -1.15. The first-order valence-corrected chi connectivity index (χ1v) is 5.92. The molecule has 0 spiro atoms. The second kappa shape index (κ2) is 6.33. The number of benzene rings is 1. The van der Waals surface area contributed by atoms with Gasteiger partial charge in [0.15, 0.2) is 0 Å². The monoisotopic (exact) mass is 271 g/mol. The van der Waals surface area contributed by atoms with Gasteiger partial charge in [-0.15, -0.1) is 0 Å². The van der Waals surface area contributed by atoms with E-state index in [0.717, 1.165) is 29.0 Å². The van der Waals surface area contributed by atoms with Crippen LogP contribution >= 0.6 is 0 Å². The summed E-state index contributed by atoms with van der Waals surface area (Å²) >= 11 is 0. The van der Waals surface area contributed by atoms with Gasteiger partial charge in [0.05, 0.1) is 5.69 Å². The lowest BCUT2D eigenvalue weighted by molar-refractivity contribution is -0.131. The van der Waals surface area contributed by atoms with Crippen molar-refractivity contribution in [3.8, 4) is 11.3 Å². The van der Waals surface area contributed by atoms with Crippen molar-refractivity contribution in [2.45, 2.75) is 6.54 Å². The molecule has 6 heteroatoms. The number of hydrogen-bond donors (Lipinski definition) is 3. The number of carbonyl (C=O) groups is 2. The Hall–Kier alpha value is -2.89. The van der Waals surface area contributed by atoms with Gasteiger partial charge in [-0.1, -0.05) is 24.3 Å². The van der Waals surface area contributed by atoms with E-state index in [4.69, 9.17) is 5.11 Å². The number of carboxylic acid groups (broad SMARTS) is 1. The Morgan fingerprint density at radius 1 is 1.20 bits per heavy atom. The van der Waals surface area contributed by atoms with Crippen LogP contribution in [0, 0.1) is 0 Å². The Morgan fingerprint density at radius 2 is 1.95 bits per heavy atom. The number of nitrogens with one attached hydrogen (secondary N) is 2. The number of aromatic amines is 1. The second-order valence-electron chi connectivity index (χ2n) is 4.06. The molecule has 0 unspecified atom stereocenters. The fourth-order valence-electron chi connectivity index (χ4n) is 1.61. The number of carboxylic acids is 1. The van der Waals surface area contributed by atoms with E-state index in [-0.39, 0.29) is 0 Å². The van der Waals surface area contributed by atoms with Crippen molar-refractivity contribution in [1.82, 2.24) is 15.5 Å². The van der Waals surface area contributed by atoms with Crippen LogP contribution in [0.4, 0.5) is 0 Å². The molecule has 1 aromatic heterocycles. The van der Waals surface area contributed by atoms with Crippen molar-refractivity contribution in [2.75, 3.05) is 0 Å². The molecule has 1 aromatic carbocycles. The van der Waals surface area contributed by atoms with Crippen molar-refractivity contribution in [3.05, 3.63) is 54.2 Å². The van der Waals surface area contributed by atoms with Gasteiger partial charge in [-0.25, -0.2) is 4.79 Å². The first kappa shape index (κ1) is 13.5. The summed E-state index contributed by atoms with van der Waals surface area (Å²) in [7, 11) is 0. The molecule has 20 heavy (non-hydrogen) atoms. The molecule has 3 N–H and O–H groups in total.